The number of aromatic nitrogens is 2. The second-order valence-corrected chi connectivity index (χ2v) is 4.86. The topological polar surface area (TPSA) is 73.3 Å². The minimum absolute atomic E-state index is 0.110. The maximum Gasteiger partial charge on any atom is 0.244 e. The molecule has 0 aliphatic carbocycles. The third-order valence-corrected chi connectivity index (χ3v) is 2.89. The SMILES string of the molecule is CCCC(C)(C)C(=O)Nc1c(OC)ncnc1OC. The summed E-state index contributed by atoms with van der Waals surface area (Å²) in [6.07, 6.45) is 3.04. The van der Waals surface area contributed by atoms with Gasteiger partial charge in [0.15, 0.2) is 5.69 Å². The van der Waals surface area contributed by atoms with Gasteiger partial charge in [0.25, 0.3) is 0 Å². The molecule has 0 saturated carbocycles. The molecular formula is C13H21N3O3. The van der Waals surface area contributed by atoms with Crippen molar-refractivity contribution in [1.82, 2.24) is 9.97 Å². The summed E-state index contributed by atoms with van der Waals surface area (Å²) in [5, 5.41) is 2.79. The minimum atomic E-state index is -0.472. The van der Waals surface area contributed by atoms with Gasteiger partial charge in [-0.15, -0.1) is 0 Å². The van der Waals surface area contributed by atoms with Crippen LogP contribution in [0.3, 0.4) is 0 Å². The number of rotatable bonds is 6. The molecule has 1 N–H and O–H groups in total. The van der Waals surface area contributed by atoms with Gasteiger partial charge >= 0.3 is 0 Å². The normalized spacial score (nSPS) is 11.0. The molecule has 1 aromatic rings. The van der Waals surface area contributed by atoms with E-state index in [0.29, 0.717) is 5.69 Å². The average molecular weight is 267 g/mol. The van der Waals surface area contributed by atoms with E-state index >= 15 is 0 Å². The molecule has 0 aromatic carbocycles. The van der Waals surface area contributed by atoms with Crippen molar-refractivity contribution in [3.63, 3.8) is 0 Å². The Hall–Kier alpha value is -1.85. The summed E-state index contributed by atoms with van der Waals surface area (Å²) in [6.45, 7) is 5.84. The van der Waals surface area contributed by atoms with Crippen LogP contribution >= 0.6 is 0 Å². The summed E-state index contributed by atoms with van der Waals surface area (Å²) in [5.41, 5.74) is -0.109. The van der Waals surface area contributed by atoms with Crippen molar-refractivity contribution in [2.45, 2.75) is 33.6 Å². The third kappa shape index (κ3) is 3.56. The van der Waals surface area contributed by atoms with Gasteiger partial charge in [-0.25, -0.2) is 0 Å². The fourth-order valence-electron chi connectivity index (χ4n) is 1.79. The van der Waals surface area contributed by atoms with Gasteiger partial charge < -0.3 is 14.8 Å². The molecule has 19 heavy (non-hydrogen) atoms. The largest absolute Gasteiger partial charge is 0.479 e. The smallest absolute Gasteiger partial charge is 0.244 e. The van der Waals surface area contributed by atoms with E-state index in [1.165, 1.54) is 20.5 Å². The number of hydrogen-bond acceptors (Lipinski definition) is 5. The van der Waals surface area contributed by atoms with Crippen LogP contribution in [0, 0.1) is 5.41 Å². The van der Waals surface area contributed by atoms with Gasteiger partial charge in [0.05, 0.1) is 14.2 Å². The highest BCUT2D eigenvalue weighted by Gasteiger charge is 2.28. The van der Waals surface area contributed by atoms with Crippen LogP contribution in [-0.2, 0) is 4.79 Å². The van der Waals surface area contributed by atoms with Gasteiger partial charge in [0, 0.05) is 5.41 Å². The zero-order valence-electron chi connectivity index (χ0n) is 12.1. The zero-order chi connectivity index (χ0) is 14.5. The van der Waals surface area contributed by atoms with Gasteiger partial charge in [0.2, 0.25) is 17.7 Å². The van der Waals surface area contributed by atoms with Crippen LogP contribution in [-0.4, -0.2) is 30.1 Å². The minimum Gasteiger partial charge on any atom is -0.479 e. The van der Waals surface area contributed by atoms with Crippen LogP contribution in [0.2, 0.25) is 0 Å². The Bertz CT molecular complexity index is 425. The first-order valence-electron chi connectivity index (χ1n) is 6.20. The van der Waals surface area contributed by atoms with Gasteiger partial charge in [0.1, 0.15) is 6.33 Å². The van der Waals surface area contributed by atoms with Crippen molar-refractivity contribution < 1.29 is 14.3 Å². The Labute approximate surface area is 113 Å². The number of amides is 1. The Kier molecular flexibility index (Phi) is 5.09. The molecule has 0 unspecified atom stereocenters. The Morgan fingerprint density at radius 3 is 2.21 bits per heavy atom. The van der Waals surface area contributed by atoms with Gasteiger partial charge in [-0.2, -0.15) is 9.97 Å². The monoisotopic (exact) mass is 267 g/mol. The van der Waals surface area contributed by atoms with Gasteiger partial charge in [-0.3, -0.25) is 4.79 Å². The number of carbonyl (C=O) groups excluding carboxylic acids is 1. The number of ether oxygens (including phenoxy) is 2. The Morgan fingerprint density at radius 1 is 1.26 bits per heavy atom. The number of methoxy groups -OCH3 is 2. The molecule has 0 atom stereocenters. The first kappa shape index (κ1) is 15.2. The predicted molar refractivity (Wildman–Crippen MR) is 72.5 cm³/mol. The zero-order valence-corrected chi connectivity index (χ0v) is 12.1. The van der Waals surface area contributed by atoms with Crippen LogP contribution < -0.4 is 14.8 Å². The van der Waals surface area contributed by atoms with Crippen LogP contribution in [0.4, 0.5) is 5.69 Å². The lowest BCUT2D eigenvalue weighted by atomic mass is 9.87. The van der Waals surface area contributed by atoms with Crippen molar-refractivity contribution in [3.8, 4) is 11.8 Å². The molecule has 0 aliphatic rings. The van der Waals surface area contributed by atoms with Crippen LogP contribution in [0.1, 0.15) is 33.6 Å². The van der Waals surface area contributed by atoms with E-state index < -0.39 is 5.41 Å². The number of anilines is 1. The maximum atomic E-state index is 12.3. The number of nitrogens with zero attached hydrogens (tertiary/aromatic N) is 2. The molecule has 0 radical (unpaired) electrons. The quantitative estimate of drug-likeness (QED) is 0.855. The number of carbonyl (C=O) groups is 1. The standard InChI is InChI=1S/C13H21N3O3/c1-6-7-13(2,3)12(17)16-9-10(18-4)14-8-15-11(9)19-5/h8H,6-7H2,1-5H3,(H,16,17). The molecule has 0 aliphatic heterocycles. The molecule has 0 bridgehead atoms. The lowest BCUT2D eigenvalue weighted by Gasteiger charge is -2.23. The highest BCUT2D eigenvalue weighted by Crippen LogP contribution is 2.32. The summed E-state index contributed by atoms with van der Waals surface area (Å²) in [7, 11) is 2.96. The average Bonchev–Trinajstić information content (AvgIpc) is 2.38. The molecule has 106 valence electrons. The van der Waals surface area contributed by atoms with Crippen molar-refractivity contribution in [2.24, 2.45) is 5.41 Å². The van der Waals surface area contributed by atoms with Gasteiger partial charge in [-0.1, -0.05) is 27.2 Å². The number of nitrogens with one attached hydrogen (secondary N) is 1. The van der Waals surface area contributed by atoms with E-state index in [2.05, 4.69) is 15.3 Å². The molecule has 0 spiro atoms. The number of hydrogen-bond donors (Lipinski definition) is 1. The van der Waals surface area contributed by atoms with E-state index in [4.69, 9.17) is 9.47 Å². The van der Waals surface area contributed by atoms with E-state index in [-0.39, 0.29) is 17.7 Å². The van der Waals surface area contributed by atoms with Crippen LogP contribution in [0.25, 0.3) is 0 Å². The van der Waals surface area contributed by atoms with E-state index in [1.54, 1.807) is 0 Å². The predicted octanol–water partition coefficient (Wildman–Crippen LogP) is 2.26. The summed E-state index contributed by atoms with van der Waals surface area (Å²) in [4.78, 5) is 20.2. The Morgan fingerprint density at radius 2 is 1.79 bits per heavy atom. The van der Waals surface area contributed by atoms with Crippen LogP contribution in [0.15, 0.2) is 6.33 Å². The molecule has 1 heterocycles. The second-order valence-electron chi connectivity index (χ2n) is 4.86. The summed E-state index contributed by atoms with van der Waals surface area (Å²) in [6, 6.07) is 0. The lowest BCUT2D eigenvalue weighted by molar-refractivity contribution is -0.124. The van der Waals surface area contributed by atoms with Crippen LogP contribution in [0.5, 0.6) is 11.8 Å². The maximum absolute atomic E-state index is 12.3. The second kappa shape index (κ2) is 6.36. The third-order valence-electron chi connectivity index (χ3n) is 2.89. The summed E-state index contributed by atoms with van der Waals surface area (Å²) >= 11 is 0. The van der Waals surface area contributed by atoms with Crippen molar-refractivity contribution in [2.75, 3.05) is 19.5 Å². The molecular weight excluding hydrogens is 246 g/mol. The Balaban J connectivity index is 3.01. The fourth-order valence-corrected chi connectivity index (χ4v) is 1.79. The summed E-state index contributed by atoms with van der Waals surface area (Å²) < 4.78 is 10.2. The first-order valence-corrected chi connectivity index (χ1v) is 6.20. The molecule has 1 aromatic heterocycles. The fraction of sp³-hybridized carbons (Fsp3) is 0.615. The molecule has 0 saturated heterocycles. The summed E-state index contributed by atoms with van der Waals surface area (Å²) in [5.74, 6) is 0.459. The van der Waals surface area contributed by atoms with Crippen molar-refractivity contribution in [1.29, 1.82) is 0 Å². The molecule has 1 rings (SSSR count). The molecule has 6 nitrogen and oxygen atoms in total. The highest BCUT2D eigenvalue weighted by molar-refractivity contribution is 5.96. The van der Waals surface area contributed by atoms with Crippen molar-refractivity contribution in [3.05, 3.63) is 6.33 Å². The van der Waals surface area contributed by atoms with E-state index in [0.717, 1.165) is 12.8 Å². The lowest BCUT2D eigenvalue weighted by Crippen LogP contribution is -2.31. The van der Waals surface area contributed by atoms with E-state index in [1.807, 2.05) is 20.8 Å². The van der Waals surface area contributed by atoms with Gasteiger partial charge in [-0.05, 0) is 6.42 Å². The first-order chi connectivity index (χ1) is 8.96. The van der Waals surface area contributed by atoms with E-state index in [9.17, 15) is 4.79 Å². The van der Waals surface area contributed by atoms with Crippen molar-refractivity contribution >= 4 is 11.6 Å². The molecule has 0 fully saturated rings. The molecule has 1 amide bonds. The molecule has 6 heteroatoms. The highest BCUT2D eigenvalue weighted by atomic mass is 16.5.